The maximum absolute atomic E-state index is 12.0. The number of nitrogens with zero attached hydrogens (tertiary/aromatic N) is 4. The highest BCUT2D eigenvalue weighted by Gasteiger charge is 2.20. The normalized spacial score (nSPS) is 15.4. The number of allylic oxidation sites excluding steroid dienone is 6. The summed E-state index contributed by atoms with van der Waals surface area (Å²) in [5.74, 6) is 0.349. The van der Waals surface area contributed by atoms with E-state index in [-0.39, 0.29) is 0 Å². The zero-order valence-electron chi connectivity index (χ0n) is 24.9. The van der Waals surface area contributed by atoms with Gasteiger partial charge in [-0.3, -0.25) is 0 Å². The number of carbonyl (C=O) groups is 1. The quantitative estimate of drug-likeness (QED) is 0.177. The molecule has 0 saturated heterocycles. The third kappa shape index (κ3) is 11.8. The van der Waals surface area contributed by atoms with Gasteiger partial charge in [-0.15, -0.1) is 0 Å². The molecule has 0 spiro atoms. The molecule has 9 heteroatoms. The van der Waals surface area contributed by atoms with Crippen molar-refractivity contribution in [3.63, 3.8) is 0 Å². The first-order valence-electron chi connectivity index (χ1n) is 14.2. The molecule has 0 bridgehead atoms. The molecule has 218 valence electrons. The van der Waals surface area contributed by atoms with Crippen molar-refractivity contribution in [1.82, 2.24) is 20.2 Å². The topological polar surface area (TPSA) is 103 Å². The summed E-state index contributed by atoms with van der Waals surface area (Å²) in [6.07, 6.45) is 13.1. The van der Waals surface area contributed by atoms with Crippen molar-refractivity contribution in [2.45, 2.75) is 71.8 Å². The maximum Gasteiger partial charge on any atom is 0.326 e. The Morgan fingerprint density at radius 3 is 2.72 bits per heavy atom. The van der Waals surface area contributed by atoms with Gasteiger partial charge in [-0.1, -0.05) is 24.6 Å². The number of aliphatic carboxylic acids is 1. The van der Waals surface area contributed by atoms with E-state index in [1.807, 2.05) is 19.0 Å². The van der Waals surface area contributed by atoms with Gasteiger partial charge in [0.1, 0.15) is 24.0 Å². The van der Waals surface area contributed by atoms with Crippen LogP contribution < -0.4 is 15.5 Å². The molecule has 0 radical (unpaired) electrons. The predicted octanol–water partition coefficient (Wildman–Crippen LogP) is 4.86. The number of hydrogen-bond donors (Lipinski definition) is 3. The zero-order valence-corrected chi connectivity index (χ0v) is 24.9. The van der Waals surface area contributed by atoms with Crippen LogP contribution >= 0.6 is 0 Å². The second-order valence-electron chi connectivity index (χ2n) is 10.4. The second kappa shape index (κ2) is 17.6. The maximum atomic E-state index is 12.0. The number of ether oxygens (including phenoxy) is 1. The average Bonchev–Trinajstić information content (AvgIpc) is 2.93. The molecule has 1 aromatic rings. The van der Waals surface area contributed by atoms with E-state index in [0.717, 1.165) is 57.6 Å². The van der Waals surface area contributed by atoms with E-state index in [0.29, 0.717) is 25.4 Å². The summed E-state index contributed by atoms with van der Waals surface area (Å²) in [5.41, 5.74) is 5.59. The molecule has 0 amide bonds. The lowest BCUT2D eigenvalue weighted by molar-refractivity contribution is -0.138. The van der Waals surface area contributed by atoms with E-state index in [9.17, 15) is 9.90 Å². The Balaban J connectivity index is 1.93. The molecule has 1 aliphatic heterocycles. The summed E-state index contributed by atoms with van der Waals surface area (Å²) in [4.78, 5) is 24.6. The lowest BCUT2D eigenvalue weighted by atomic mass is 9.98. The Bertz CT molecular complexity index is 989. The van der Waals surface area contributed by atoms with E-state index >= 15 is 0 Å². The number of carboxylic acid groups (broad SMARTS) is 1. The lowest BCUT2D eigenvalue weighted by Gasteiger charge is -2.24. The van der Waals surface area contributed by atoms with Crippen molar-refractivity contribution in [1.29, 1.82) is 0 Å². The molecule has 0 unspecified atom stereocenters. The molecule has 1 aromatic heterocycles. The van der Waals surface area contributed by atoms with Crippen molar-refractivity contribution in [2.75, 3.05) is 64.2 Å². The molecule has 0 aliphatic carbocycles. The summed E-state index contributed by atoms with van der Waals surface area (Å²) < 4.78 is 5.33. The van der Waals surface area contributed by atoms with Gasteiger partial charge in [0.05, 0.1) is 6.61 Å². The van der Waals surface area contributed by atoms with Crippen molar-refractivity contribution in [2.24, 2.45) is 0 Å². The first-order chi connectivity index (χ1) is 18.7. The molecular weight excluding hydrogens is 492 g/mol. The Kier molecular flexibility index (Phi) is 14.6. The van der Waals surface area contributed by atoms with E-state index in [4.69, 9.17) is 4.74 Å². The fraction of sp³-hybridized carbons (Fsp3) is 0.633. The van der Waals surface area contributed by atoms with Crippen molar-refractivity contribution in [3.8, 4) is 0 Å². The fourth-order valence-electron chi connectivity index (χ4n) is 4.56. The van der Waals surface area contributed by atoms with E-state index in [1.165, 1.54) is 35.2 Å². The molecule has 2 rings (SSSR count). The van der Waals surface area contributed by atoms with Crippen LogP contribution in [0.2, 0.25) is 0 Å². The van der Waals surface area contributed by atoms with Crippen LogP contribution in [0.25, 0.3) is 0 Å². The molecule has 0 fully saturated rings. The van der Waals surface area contributed by atoms with Gasteiger partial charge in [0.2, 0.25) is 0 Å². The molecular formula is C30H50N6O3. The Morgan fingerprint density at radius 2 is 2.05 bits per heavy atom. The number of carboxylic acids is 1. The van der Waals surface area contributed by atoms with Crippen LogP contribution in [0.15, 0.2) is 47.0 Å². The highest BCUT2D eigenvalue weighted by molar-refractivity contribution is 5.77. The molecule has 1 atom stereocenters. The number of methoxy groups -OCH3 is 1. The number of anilines is 2. The summed E-state index contributed by atoms with van der Waals surface area (Å²) in [5, 5.41) is 16.4. The summed E-state index contributed by atoms with van der Waals surface area (Å²) in [6, 6.07) is 1.03. The van der Waals surface area contributed by atoms with E-state index in [1.54, 1.807) is 13.2 Å². The van der Waals surface area contributed by atoms with Crippen LogP contribution in [0.1, 0.15) is 65.7 Å². The molecule has 2 heterocycles. The number of nitrogens with one attached hydrogen (secondary N) is 2. The first-order valence-corrected chi connectivity index (χ1v) is 14.2. The third-order valence-corrected chi connectivity index (χ3v) is 7.31. The number of rotatable bonds is 18. The molecule has 0 aromatic carbocycles. The Hall–Kier alpha value is -2.91. The third-order valence-electron chi connectivity index (χ3n) is 7.31. The van der Waals surface area contributed by atoms with Crippen molar-refractivity contribution in [3.05, 3.63) is 47.0 Å². The highest BCUT2D eigenvalue weighted by atomic mass is 16.5. The molecule has 3 N–H and O–H groups in total. The largest absolute Gasteiger partial charge is 0.480 e. The number of hydrogen-bond acceptors (Lipinski definition) is 8. The Labute approximate surface area is 235 Å². The summed E-state index contributed by atoms with van der Waals surface area (Å²) in [7, 11) is 5.48. The highest BCUT2D eigenvalue weighted by Crippen LogP contribution is 2.21. The van der Waals surface area contributed by atoms with Gasteiger partial charge >= 0.3 is 5.97 Å². The van der Waals surface area contributed by atoms with Crippen LogP contribution in [0.4, 0.5) is 11.6 Å². The minimum Gasteiger partial charge on any atom is -0.480 e. The van der Waals surface area contributed by atoms with E-state index < -0.39 is 12.0 Å². The Morgan fingerprint density at radius 1 is 1.26 bits per heavy atom. The summed E-state index contributed by atoms with van der Waals surface area (Å²) >= 11 is 0. The van der Waals surface area contributed by atoms with Gasteiger partial charge in [-0.05, 0) is 76.5 Å². The first kappa shape index (κ1) is 32.3. The average molecular weight is 543 g/mol. The smallest absolute Gasteiger partial charge is 0.326 e. The van der Waals surface area contributed by atoms with Gasteiger partial charge in [0, 0.05) is 52.6 Å². The van der Waals surface area contributed by atoms with Gasteiger partial charge in [0.15, 0.2) is 0 Å². The van der Waals surface area contributed by atoms with Gasteiger partial charge < -0.3 is 30.3 Å². The molecule has 9 nitrogen and oxygen atoms in total. The molecule has 1 aliphatic rings. The number of unbranched alkanes of at least 4 members (excludes halogenated alkanes) is 1. The predicted molar refractivity (Wildman–Crippen MR) is 160 cm³/mol. The minimum atomic E-state index is -0.887. The van der Waals surface area contributed by atoms with Gasteiger partial charge in [-0.25, -0.2) is 14.8 Å². The minimum absolute atomic E-state index is 0.464. The van der Waals surface area contributed by atoms with Crippen LogP contribution in [0.3, 0.4) is 0 Å². The monoisotopic (exact) mass is 542 g/mol. The van der Waals surface area contributed by atoms with E-state index in [2.05, 4.69) is 58.4 Å². The lowest BCUT2D eigenvalue weighted by Crippen LogP contribution is -2.37. The van der Waals surface area contributed by atoms with Crippen LogP contribution in [0, 0.1) is 0 Å². The zero-order chi connectivity index (χ0) is 28.6. The van der Waals surface area contributed by atoms with Crippen LogP contribution in [-0.4, -0.2) is 86.0 Å². The van der Waals surface area contributed by atoms with Crippen molar-refractivity contribution < 1.29 is 14.6 Å². The van der Waals surface area contributed by atoms with Gasteiger partial charge in [-0.2, -0.15) is 0 Å². The standard InChI is InChI=1S/C30H50N6O3/c1-7-23(2)25(13-14-26-12-10-16-31-24(26)3)11-8-9-17-36(19-20-39-6)18-15-27(30(37)38)34-28-21-29(35(4)5)33-22-32-28/h13-14,21-22,27,31H,7-12,15-20H2,1-6H3,(H,37,38)(H,32,33,34)/b14-13-,25-23+/t27-/m0/s1. The van der Waals surface area contributed by atoms with Gasteiger partial charge in [0.25, 0.3) is 0 Å². The van der Waals surface area contributed by atoms with Crippen LogP contribution in [0.5, 0.6) is 0 Å². The molecule has 0 saturated carbocycles. The van der Waals surface area contributed by atoms with Crippen LogP contribution in [-0.2, 0) is 9.53 Å². The summed E-state index contributed by atoms with van der Waals surface area (Å²) in [6.45, 7) is 10.7. The number of aromatic nitrogens is 2. The second-order valence-corrected chi connectivity index (χ2v) is 10.4. The van der Waals surface area contributed by atoms with Crippen molar-refractivity contribution >= 4 is 17.6 Å². The SMILES string of the molecule is CC/C(C)=C(/C=C\C1=C(C)NCCC1)CCCCN(CCOC)CC[C@H](Nc1cc(N(C)C)ncn1)C(=O)O. The molecule has 39 heavy (non-hydrogen) atoms. The fourth-order valence-corrected chi connectivity index (χ4v) is 4.56.